The van der Waals surface area contributed by atoms with Crippen molar-refractivity contribution in [3.8, 4) is 11.5 Å². The first kappa shape index (κ1) is 16.0. The van der Waals surface area contributed by atoms with Crippen molar-refractivity contribution in [2.45, 2.75) is 33.1 Å². The van der Waals surface area contributed by atoms with Crippen LogP contribution in [0.25, 0.3) is 0 Å². The third-order valence-corrected chi connectivity index (χ3v) is 3.02. The lowest BCUT2D eigenvalue weighted by atomic mass is 10.0. The Morgan fingerprint density at radius 2 is 1.85 bits per heavy atom. The summed E-state index contributed by atoms with van der Waals surface area (Å²) >= 11 is 0. The summed E-state index contributed by atoms with van der Waals surface area (Å²) in [5.41, 5.74) is 0.818. The van der Waals surface area contributed by atoms with Crippen LogP contribution in [0, 0.1) is 5.92 Å². The highest BCUT2D eigenvalue weighted by Crippen LogP contribution is 2.24. The Hall–Kier alpha value is -2.04. The molecule has 110 valence electrons. The van der Waals surface area contributed by atoms with Crippen LogP contribution < -0.4 is 5.32 Å². The smallest absolute Gasteiger partial charge is 0.220 e. The fourth-order valence-electron chi connectivity index (χ4n) is 1.68. The monoisotopic (exact) mass is 279 g/mol. The molecule has 1 amide bonds. The van der Waals surface area contributed by atoms with Gasteiger partial charge in [-0.1, -0.05) is 19.9 Å². The van der Waals surface area contributed by atoms with Crippen LogP contribution in [0.3, 0.4) is 0 Å². The molecule has 1 rings (SSSR count). The van der Waals surface area contributed by atoms with Crippen LogP contribution in [0.15, 0.2) is 18.2 Å². The molecular weight excluding hydrogens is 258 g/mol. The molecule has 5 nitrogen and oxygen atoms in total. The van der Waals surface area contributed by atoms with Crippen LogP contribution in [-0.2, 0) is 16.0 Å². The number of nitrogens with one attached hydrogen (secondary N) is 1. The number of carbonyl (C=O) groups excluding carboxylic acids is 2. The number of Topliss-reactive ketones (excluding diaryl/α,β-unsaturated/α-hetero) is 1. The number of ketones is 1. The van der Waals surface area contributed by atoms with Crippen molar-refractivity contribution in [1.29, 1.82) is 0 Å². The van der Waals surface area contributed by atoms with Gasteiger partial charge in [0.05, 0.1) is 0 Å². The van der Waals surface area contributed by atoms with Gasteiger partial charge in [0.1, 0.15) is 5.78 Å². The second-order valence-electron chi connectivity index (χ2n) is 5.04. The van der Waals surface area contributed by atoms with Gasteiger partial charge in [0.2, 0.25) is 5.91 Å². The van der Waals surface area contributed by atoms with Gasteiger partial charge in [0.25, 0.3) is 0 Å². The van der Waals surface area contributed by atoms with Crippen molar-refractivity contribution in [2.75, 3.05) is 6.54 Å². The molecule has 0 aliphatic carbocycles. The summed E-state index contributed by atoms with van der Waals surface area (Å²) in [6, 6.07) is 4.56. The van der Waals surface area contributed by atoms with Crippen molar-refractivity contribution in [2.24, 2.45) is 5.92 Å². The molecule has 0 spiro atoms. The quantitative estimate of drug-likeness (QED) is 0.664. The fraction of sp³-hybridized carbons (Fsp3) is 0.467. The zero-order chi connectivity index (χ0) is 15.1. The van der Waals surface area contributed by atoms with E-state index in [1.54, 1.807) is 6.07 Å². The summed E-state index contributed by atoms with van der Waals surface area (Å²) in [6.07, 6.45) is 1.03. The maximum atomic E-state index is 11.5. The maximum absolute atomic E-state index is 11.5. The molecular formula is C15H21NO4. The van der Waals surface area contributed by atoms with Crippen molar-refractivity contribution >= 4 is 11.7 Å². The van der Waals surface area contributed by atoms with Crippen LogP contribution in [-0.4, -0.2) is 28.4 Å². The first-order valence-corrected chi connectivity index (χ1v) is 6.70. The number of aromatic hydroxyl groups is 2. The minimum atomic E-state index is -0.170. The van der Waals surface area contributed by atoms with Crippen LogP contribution >= 0.6 is 0 Å². The number of phenols is 2. The lowest BCUT2D eigenvalue weighted by Gasteiger charge is -2.07. The number of amides is 1. The standard InChI is InChI=1S/C15H21NO4/c1-10(2)12(17)5-6-15(20)16-8-7-11-3-4-13(18)14(19)9-11/h3-4,9-10,18-19H,5-8H2,1-2H3,(H,16,20). The number of hydrogen-bond acceptors (Lipinski definition) is 4. The largest absolute Gasteiger partial charge is 0.504 e. The van der Waals surface area contributed by atoms with E-state index in [4.69, 9.17) is 0 Å². The summed E-state index contributed by atoms with van der Waals surface area (Å²) in [5, 5.41) is 21.2. The minimum absolute atomic E-state index is 0.0391. The van der Waals surface area contributed by atoms with E-state index in [1.165, 1.54) is 12.1 Å². The van der Waals surface area contributed by atoms with E-state index in [0.29, 0.717) is 13.0 Å². The van der Waals surface area contributed by atoms with E-state index in [2.05, 4.69) is 5.32 Å². The summed E-state index contributed by atoms with van der Waals surface area (Å²) in [5.74, 6) is -0.435. The Labute approximate surface area is 118 Å². The van der Waals surface area contributed by atoms with Gasteiger partial charge in [-0.25, -0.2) is 0 Å². The molecule has 0 heterocycles. The molecule has 0 fully saturated rings. The van der Waals surface area contributed by atoms with Crippen molar-refractivity contribution in [3.63, 3.8) is 0 Å². The zero-order valence-electron chi connectivity index (χ0n) is 11.8. The number of carbonyl (C=O) groups is 2. The van der Waals surface area contributed by atoms with Crippen molar-refractivity contribution < 1.29 is 19.8 Å². The van der Waals surface area contributed by atoms with Gasteiger partial charge in [-0.05, 0) is 24.1 Å². The number of rotatable bonds is 7. The Kier molecular flexibility index (Phi) is 6.03. The second kappa shape index (κ2) is 7.53. The van der Waals surface area contributed by atoms with Gasteiger partial charge in [-0.2, -0.15) is 0 Å². The molecule has 0 atom stereocenters. The topological polar surface area (TPSA) is 86.6 Å². The highest BCUT2D eigenvalue weighted by molar-refractivity contribution is 5.85. The molecule has 0 radical (unpaired) electrons. The number of benzene rings is 1. The third kappa shape index (κ3) is 5.30. The SMILES string of the molecule is CC(C)C(=O)CCC(=O)NCCc1ccc(O)c(O)c1. The minimum Gasteiger partial charge on any atom is -0.504 e. The highest BCUT2D eigenvalue weighted by Gasteiger charge is 2.10. The van der Waals surface area contributed by atoms with E-state index in [1.807, 2.05) is 13.8 Å². The summed E-state index contributed by atoms with van der Waals surface area (Å²) < 4.78 is 0. The third-order valence-electron chi connectivity index (χ3n) is 3.02. The Morgan fingerprint density at radius 1 is 1.15 bits per heavy atom. The first-order chi connectivity index (χ1) is 9.40. The van der Waals surface area contributed by atoms with Crippen LogP contribution in [0.4, 0.5) is 0 Å². The number of phenolic OH excluding ortho intramolecular Hbond substituents is 2. The molecule has 0 saturated heterocycles. The lowest BCUT2D eigenvalue weighted by molar-refractivity contribution is -0.126. The lowest BCUT2D eigenvalue weighted by Crippen LogP contribution is -2.26. The van der Waals surface area contributed by atoms with Crippen LogP contribution in [0.2, 0.25) is 0 Å². The Balaban J connectivity index is 2.28. The Bertz CT molecular complexity index is 483. The molecule has 0 aromatic heterocycles. The van der Waals surface area contributed by atoms with Crippen LogP contribution in [0.5, 0.6) is 11.5 Å². The summed E-state index contributed by atoms with van der Waals surface area (Å²) in [4.78, 5) is 22.9. The molecule has 0 unspecified atom stereocenters. The molecule has 1 aromatic rings. The molecule has 20 heavy (non-hydrogen) atoms. The van der Waals surface area contributed by atoms with E-state index in [0.717, 1.165) is 5.56 Å². The van der Waals surface area contributed by atoms with Gasteiger partial charge in [0, 0.05) is 25.3 Å². The predicted octanol–water partition coefficient (Wildman–Crippen LogP) is 1.76. The van der Waals surface area contributed by atoms with E-state index in [-0.39, 0.29) is 41.9 Å². The molecule has 5 heteroatoms. The Morgan fingerprint density at radius 3 is 2.45 bits per heavy atom. The summed E-state index contributed by atoms with van der Waals surface area (Å²) in [6.45, 7) is 4.06. The van der Waals surface area contributed by atoms with Gasteiger partial charge in [-0.15, -0.1) is 0 Å². The maximum Gasteiger partial charge on any atom is 0.220 e. The average Bonchev–Trinajstić information content (AvgIpc) is 2.40. The van der Waals surface area contributed by atoms with Gasteiger partial charge < -0.3 is 15.5 Å². The normalized spacial score (nSPS) is 10.6. The average molecular weight is 279 g/mol. The van der Waals surface area contributed by atoms with E-state index >= 15 is 0 Å². The number of hydrogen-bond donors (Lipinski definition) is 3. The molecule has 0 aliphatic rings. The second-order valence-corrected chi connectivity index (χ2v) is 5.04. The van der Waals surface area contributed by atoms with Crippen molar-refractivity contribution in [1.82, 2.24) is 5.32 Å². The molecule has 0 bridgehead atoms. The fourth-order valence-corrected chi connectivity index (χ4v) is 1.68. The molecule has 0 saturated carbocycles. The molecule has 1 aromatic carbocycles. The predicted molar refractivity (Wildman–Crippen MR) is 75.6 cm³/mol. The van der Waals surface area contributed by atoms with Gasteiger partial charge in [0.15, 0.2) is 11.5 Å². The van der Waals surface area contributed by atoms with Gasteiger partial charge >= 0.3 is 0 Å². The van der Waals surface area contributed by atoms with E-state index in [9.17, 15) is 19.8 Å². The van der Waals surface area contributed by atoms with Gasteiger partial charge in [-0.3, -0.25) is 9.59 Å². The van der Waals surface area contributed by atoms with Crippen LogP contribution in [0.1, 0.15) is 32.3 Å². The zero-order valence-corrected chi connectivity index (χ0v) is 11.8. The molecule has 0 aliphatic heterocycles. The first-order valence-electron chi connectivity index (χ1n) is 6.70. The highest BCUT2D eigenvalue weighted by atomic mass is 16.3. The van der Waals surface area contributed by atoms with E-state index < -0.39 is 0 Å². The molecule has 3 N–H and O–H groups in total. The summed E-state index contributed by atoms with van der Waals surface area (Å²) in [7, 11) is 0. The van der Waals surface area contributed by atoms with Crippen molar-refractivity contribution in [3.05, 3.63) is 23.8 Å².